The van der Waals surface area contributed by atoms with Gasteiger partial charge in [-0.25, -0.2) is 4.79 Å². The number of furan rings is 1. The van der Waals surface area contributed by atoms with Crippen molar-refractivity contribution in [3.8, 4) is 0 Å². The third-order valence-corrected chi connectivity index (χ3v) is 2.82. The third kappa shape index (κ3) is 4.34. The van der Waals surface area contributed by atoms with Gasteiger partial charge in [-0.1, -0.05) is 17.7 Å². The number of carbonyl (C=O) groups is 1. The number of carbonyl (C=O) groups excluding carboxylic acids is 1. The minimum atomic E-state index is -0.252. The lowest BCUT2D eigenvalue weighted by Gasteiger charge is -2.13. The van der Waals surface area contributed by atoms with E-state index in [0.717, 1.165) is 12.0 Å². The molecule has 1 heterocycles. The summed E-state index contributed by atoms with van der Waals surface area (Å²) in [5.41, 5.74) is 1.72. The summed E-state index contributed by atoms with van der Waals surface area (Å²) in [7, 11) is 0. The van der Waals surface area contributed by atoms with Crippen LogP contribution in [0.4, 0.5) is 10.5 Å². The van der Waals surface area contributed by atoms with Gasteiger partial charge >= 0.3 is 6.03 Å². The first-order chi connectivity index (χ1) is 9.13. The van der Waals surface area contributed by atoms with E-state index >= 15 is 0 Å². The molecular weight excluding hydrogens is 264 g/mol. The first-order valence-corrected chi connectivity index (χ1v) is 6.35. The maximum absolute atomic E-state index is 11.8. The second-order valence-electron chi connectivity index (χ2n) is 4.35. The lowest BCUT2D eigenvalue weighted by Crippen LogP contribution is -2.37. The van der Waals surface area contributed by atoms with Gasteiger partial charge < -0.3 is 15.1 Å². The number of anilines is 1. The van der Waals surface area contributed by atoms with E-state index in [0.29, 0.717) is 10.7 Å². The molecule has 0 saturated carbocycles. The van der Waals surface area contributed by atoms with Crippen LogP contribution in [0.3, 0.4) is 0 Å². The fraction of sp³-hybridized carbons (Fsp3) is 0.214. The van der Waals surface area contributed by atoms with E-state index in [1.165, 1.54) is 0 Å². The lowest BCUT2D eigenvalue weighted by molar-refractivity contribution is 0.249. The van der Waals surface area contributed by atoms with Gasteiger partial charge in [0.15, 0.2) is 0 Å². The van der Waals surface area contributed by atoms with E-state index in [1.54, 1.807) is 36.8 Å². The Morgan fingerprint density at radius 1 is 1.42 bits per heavy atom. The van der Waals surface area contributed by atoms with E-state index in [4.69, 9.17) is 16.0 Å². The number of urea groups is 1. The second kappa shape index (κ2) is 6.29. The fourth-order valence-corrected chi connectivity index (χ4v) is 1.96. The summed E-state index contributed by atoms with van der Waals surface area (Å²) in [5, 5.41) is 6.17. The van der Waals surface area contributed by atoms with Gasteiger partial charge in [-0.3, -0.25) is 0 Å². The van der Waals surface area contributed by atoms with Gasteiger partial charge in [0.05, 0.1) is 12.5 Å². The Balaban J connectivity index is 1.84. The summed E-state index contributed by atoms with van der Waals surface area (Å²) in [4.78, 5) is 11.8. The quantitative estimate of drug-likeness (QED) is 0.896. The molecule has 100 valence electrons. The number of benzene rings is 1. The van der Waals surface area contributed by atoms with E-state index < -0.39 is 0 Å². The fourth-order valence-electron chi connectivity index (χ4n) is 1.77. The van der Waals surface area contributed by atoms with Gasteiger partial charge in [-0.2, -0.15) is 0 Å². The largest absolute Gasteiger partial charge is 0.472 e. The zero-order valence-corrected chi connectivity index (χ0v) is 11.3. The molecule has 2 rings (SSSR count). The van der Waals surface area contributed by atoms with Gasteiger partial charge in [-0.15, -0.1) is 0 Å². The highest BCUT2D eigenvalue weighted by Crippen LogP contribution is 2.14. The van der Waals surface area contributed by atoms with Crippen molar-refractivity contribution < 1.29 is 9.21 Å². The van der Waals surface area contributed by atoms with Gasteiger partial charge in [0, 0.05) is 16.8 Å². The molecule has 0 bridgehead atoms. The normalized spacial score (nSPS) is 11.9. The SMILES string of the molecule is C[C@@H](Cc1ccoc1)NC(=O)Nc1cccc(Cl)c1. The molecule has 0 fully saturated rings. The second-order valence-corrected chi connectivity index (χ2v) is 4.78. The highest BCUT2D eigenvalue weighted by Gasteiger charge is 2.09. The van der Waals surface area contributed by atoms with E-state index in [9.17, 15) is 4.79 Å². The summed E-state index contributed by atoms with van der Waals surface area (Å²) >= 11 is 5.85. The first kappa shape index (κ1) is 13.5. The Bertz CT molecular complexity index is 540. The molecule has 2 N–H and O–H groups in total. The summed E-state index contributed by atoms with van der Waals surface area (Å²) < 4.78 is 4.99. The summed E-state index contributed by atoms with van der Waals surface area (Å²) in [5.74, 6) is 0. The Kier molecular flexibility index (Phi) is 4.47. The van der Waals surface area contributed by atoms with Crippen LogP contribution in [-0.4, -0.2) is 12.1 Å². The van der Waals surface area contributed by atoms with Crippen molar-refractivity contribution in [2.24, 2.45) is 0 Å². The average Bonchev–Trinajstić information content (AvgIpc) is 2.81. The number of hydrogen-bond donors (Lipinski definition) is 2. The van der Waals surface area contributed by atoms with Crippen LogP contribution in [0, 0.1) is 0 Å². The van der Waals surface area contributed by atoms with Crippen molar-refractivity contribution in [2.45, 2.75) is 19.4 Å². The van der Waals surface area contributed by atoms with Crippen molar-refractivity contribution in [1.82, 2.24) is 5.32 Å². The van der Waals surface area contributed by atoms with E-state index in [-0.39, 0.29) is 12.1 Å². The highest BCUT2D eigenvalue weighted by atomic mass is 35.5. The topological polar surface area (TPSA) is 54.3 Å². The van der Waals surface area contributed by atoms with Gasteiger partial charge in [0.1, 0.15) is 0 Å². The molecule has 1 aromatic heterocycles. The molecule has 0 spiro atoms. The Morgan fingerprint density at radius 3 is 2.95 bits per heavy atom. The van der Waals surface area contributed by atoms with Crippen molar-refractivity contribution in [2.75, 3.05) is 5.32 Å². The van der Waals surface area contributed by atoms with Crippen LogP contribution >= 0.6 is 11.6 Å². The molecular formula is C14H15ClN2O2. The summed E-state index contributed by atoms with van der Waals surface area (Å²) in [6.45, 7) is 1.94. The zero-order chi connectivity index (χ0) is 13.7. The molecule has 1 aromatic carbocycles. The van der Waals surface area contributed by atoms with Crippen molar-refractivity contribution in [3.05, 3.63) is 53.4 Å². The van der Waals surface area contributed by atoms with Crippen molar-refractivity contribution in [3.63, 3.8) is 0 Å². The standard InChI is InChI=1S/C14H15ClN2O2/c1-10(7-11-5-6-19-9-11)16-14(18)17-13-4-2-3-12(15)8-13/h2-6,8-10H,7H2,1H3,(H2,16,17,18)/t10-/m0/s1. The lowest BCUT2D eigenvalue weighted by atomic mass is 10.1. The molecule has 1 atom stereocenters. The maximum Gasteiger partial charge on any atom is 0.319 e. The van der Waals surface area contributed by atoms with Crippen LogP contribution in [0.15, 0.2) is 47.3 Å². The van der Waals surface area contributed by atoms with E-state index in [2.05, 4.69) is 10.6 Å². The number of hydrogen-bond acceptors (Lipinski definition) is 2. The molecule has 19 heavy (non-hydrogen) atoms. The van der Waals surface area contributed by atoms with Crippen LogP contribution in [0.25, 0.3) is 0 Å². The molecule has 0 aliphatic rings. The van der Waals surface area contributed by atoms with Crippen LogP contribution in [0.2, 0.25) is 5.02 Å². The minimum absolute atomic E-state index is 0.0109. The van der Waals surface area contributed by atoms with Crippen molar-refractivity contribution in [1.29, 1.82) is 0 Å². The number of halogens is 1. The number of rotatable bonds is 4. The van der Waals surface area contributed by atoms with E-state index in [1.807, 2.05) is 13.0 Å². The maximum atomic E-state index is 11.8. The smallest absolute Gasteiger partial charge is 0.319 e. The minimum Gasteiger partial charge on any atom is -0.472 e. The molecule has 2 aromatic rings. The van der Waals surface area contributed by atoms with Crippen molar-refractivity contribution >= 4 is 23.3 Å². The zero-order valence-electron chi connectivity index (χ0n) is 10.5. The Morgan fingerprint density at radius 2 is 2.26 bits per heavy atom. The molecule has 0 radical (unpaired) electrons. The molecule has 0 unspecified atom stereocenters. The van der Waals surface area contributed by atoms with Crippen LogP contribution in [0.1, 0.15) is 12.5 Å². The predicted octanol–water partition coefficient (Wildman–Crippen LogP) is 3.69. The average molecular weight is 279 g/mol. The molecule has 2 amide bonds. The Hall–Kier alpha value is -1.94. The van der Waals surface area contributed by atoms with Crippen LogP contribution in [-0.2, 0) is 6.42 Å². The molecule has 4 nitrogen and oxygen atoms in total. The number of amides is 2. The van der Waals surface area contributed by atoms with Crippen LogP contribution < -0.4 is 10.6 Å². The Labute approximate surface area is 116 Å². The highest BCUT2D eigenvalue weighted by molar-refractivity contribution is 6.30. The number of nitrogens with one attached hydrogen (secondary N) is 2. The summed E-state index contributed by atoms with van der Waals surface area (Å²) in [6.07, 6.45) is 4.01. The third-order valence-electron chi connectivity index (χ3n) is 2.58. The molecule has 0 aliphatic carbocycles. The van der Waals surface area contributed by atoms with Gasteiger partial charge in [0.2, 0.25) is 0 Å². The van der Waals surface area contributed by atoms with Crippen LogP contribution in [0.5, 0.6) is 0 Å². The monoisotopic (exact) mass is 278 g/mol. The molecule has 0 saturated heterocycles. The predicted molar refractivity (Wildman–Crippen MR) is 75.5 cm³/mol. The summed E-state index contributed by atoms with van der Waals surface area (Å²) in [6, 6.07) is 8.66. The molecule has 0 aliphatic heterocycles. The molecule has 5 heteroatoms. The van der Waals surface area contributed by atoms with Gasteiger partial charge in [0.25, 0.3) is 0 Å². The first-order valence-electron chi connectivity index (χ1n) is 5.97. The van der Waals surface area contributed by atoms with Gasteiger partial charge in [-0.05, 0) is 43.2 Å².